The molecule has 0 N–H and O–H groups in total. The largest absolute Gasteiger partial charge is 0.143 e. The second-order valence-corrected chi connectivity index (χ2v) is 65.4. The van der Waals surface area contributed by atoms with Crippen LogP contribution in [0.5, 0.6) is 0 Å². The molecular formula is C121H154S18. The summed E-state index contributed by atoms with van der Waals surface area (Å²) in [5.41, 5.74) is 27.7. The maximum Gasteiger partial charge on any atom is 0.0489 e. The van der Waals surface area contributed by atoms with E-state index in [0.29, 0.717) is 22.2 Å². The number of hydrogen-bond donors (Lipinski definition) is 0. The second-order valence-electron chi connectivity index (χ2n) is 47.3. The van der Waals surface area contributed by atoms with Crippen molar-refractivity contribution in [3.05, 3.63) is 244 Å². The third-order valence-corrected chi connectivity index (χ3v) is 47.9. The predicted molar refractivity (Wildman–Crippen MR) is 666 cm³/mol. The smallest absolute Gasteiger partial charge is 0.0489 e. The summed E-state index contributed by atoms with van der Waals surface area (Å²) in [5.74, 6) is 1.45. The van der Waals surface area contributed by atoms with Crippen LogP contribution in [-0.4, -0.2) is 0 Å². The fraction of sp³-hybridized carbons (Fsp3) is 0.455. The highest BCUT2D eigenvalue weighted by Gasteiger charge is 2.33. The highest BCUT2D eigenvalue weighted by Crippen LogP contribution is 2.53. The summed E-state index contributed by atoms with van der Waals surface area (Å²) in [7, 11) is 0. The Balaban J connectivity index is 0.000000143. The summed E-state index contributed by atoms with van der Waals surface area (Å²) in [6.45, 7) is 93.5. The summed E-state index contributed by atoms with van der Waals surface area (Å²) in [5, 5.41) is 20.3. The van der Waals surface area contributed by atoms with Gasteiger partial charge in [0.05, 0.1) is 0 Å². The van der Waals surface area contributed by atoms with Crippen LogP contribution in [0.2, 0.25) is 0 Å². The zero-order valence-corrected chi connectivity index (χ0v) is 106. The third-order valence-electron chi connectivity index (χ3n) is 24.3. The standard InChI is InChI=1S/C26H36S2.C22H28S2.2C12H16S2.2C11H14S2.C10H12S2.C9H10S2.C8H8S2/c1-15-14-27-23-16(2)22(28-21(15)23)20-18(25(6,7)8)12-17(24(3,4)5)13-19(20)26(9,10)11;1-13-12-23-20-14(2)19(24-18(13)20)16-10-9-15(21(3,4)5)11-17(16)22(6,7)8;2*1-8-7-13-10-5-9(14-11(8)10)6-12(2,3)4;1-7-6-12-8-5-9(11(2,3)4)13-10(7)8;1-7(2)4-9-5-10-11(13-9)8(3)6-12-10;1-6(2)8-4-9-10(12-8)7(3)5-11-9;1-3-7-4-8-9(11-7)6(2)5-10-8;1-5-4-9-7-3-6(2)10-8(5)7/h12-14H,1-11H3;9-12H,1-8H3;2*5,7H,6H2,1-4H3;5-6H,1-4H3;5-7H,4H2,1-3H3;4-6H,1-3H3;4-5H,3H2,1-2H3;3-4H,1-2H3. The average molecular weight is 2190 g/mol. The third kappa shape index (κ3) is 28.3. The van der Waals surface area contributed by atoms with Crippen LogP contribution in [0.15, 0.2) is 121 Å². The van der Waals surface area contributed by atoms with Crippen LogP contribution in [-0.2, 0) is 58.2 Å². The van der Waals surface area contributed by atoms with Crippen molar-refractivity contribution >= 4 is 289 Å². The molecule has 0 fully saturated rings. The first kappa shape index (κ1) is 113. The molecule has 0 amide bonds. The Morgan fingerprint density at radius 2 is 0.576 bits per heavy atom. The van der Waals surface area contributed by atoms with Crippen molar-refractivity contribution in [1.29, 1.82) is 0 Å². The van der Waals surface area contributed by atoms with Crippen molar-refractivity contribution < 1.29 is 0 Å². The van der Waals surface area contributed by atoms with Gasteiger partial charge >= 0.3 is 0 Å². The van der Waals surface area contributed by atoms with Crippen molar-refractivity contribution in [3.8, 4) is 20.9 Å². The molecule has 0 saturated carbocycles. The fourth-order valence-electron chi connectivity index (χ4n) is 16.5. The summed E-state index contributed by atoms with van der Waals surface area (Å²) in [6.07, 6.45) is 4.79. The van der Waals surface area contributed by atoms with E-state index in [2.05, 4.69) is 405 Å². The Bertz CT molecular complexity index is 7370. The minimum atomic E-state index is 0.0928. The highest BCUT2D eigenvalue weighted by molar-refractivity contribution is 7.32. The average Bonchev–Trinajstić information content (AvgIpc) is 1.66. The molecule has 0 aliphatic carbocycles. The van der Waals surface area contributed by atoms with Crippen LogP contribution in [0.25, 0.3) is 105 Å². The van der Waals surface area contributed by atoms with E-state index < -0.39 is 0 Å². The molecule has 0 bridgehead atoms. The molecule has 0 saturated heterocycles. The minimum Gasteiger partial charge on any atom is -0.143 e. The van der Waals surface area contributed by atoms with Crippen LogP contribution in [0, 0.1) is 99.8 Å². The molecule has 0 atom stereocenters. The zero-order chi connectivity index (χ0) is 103. The van der Waals surface area contributed by atoms with Crippen molar-refractivity contribution in [3.63, 3.8) is 0 Å². The molecule has 0 spiro atoms. The van der Waals surface area contributed by atoms with Crippen molar-refractivity contribution in [1.82, 2.24) is 0 Å². The van der Waals surface area contributed by atoms with Gasteiger partial charge < -0.3 is 0 Å². The Morgan fingerprint density at radius 1 is 0.259 bits per heavy atom. The van der Waals surface area contributed by atoms with Gasteiger partial charge in [0, 0.05) is 128 Å². The molecule has 18 heteroatoms. The lowest BCUT2D eigenvalue weighted by molar-refractivity contribution is 0.414. The second kappa shape index (κ2) is 45.2. The lowest BCUT2D eigenvalue weighted by Crippen LogP contribution is -2.22. The monoisotopic (exact) mass is 2180 g/mol. The molecule has 0 unspecified atom stereocenters. The molecule has 0 aliphatic rings. The van der Waals surface area contributed by atoms with Gasteiger partial charge in [-0.2, -0.15) is 0 Å². The molecule has 20 rings (SSSR count). The van der Waals surface area contributed by atoms with E-state index in [9.17, 15) is 0 Å². The SMILES string of the molecule is CCc1cc2scc(C)c2s1.Cc1cc2scc(C)c2s1.Cc1csc2c(C)c(-c3c(C(C)(C)C)cc(C(C)(C)C)cc3C(C)(C)C)sc12.Cc1csc2c(C)c(-c3ccc(C(C)(C)C)cc3C(C)(C)C)sc12.Cc1csc2cc(C(C)(C)C)sc12.Cc1csc2cc(C(C)C)sc12.Cc1csc2cc(CC(C)(C)C)sc12.Cc1csc2cc(CC(C)(C)C)sc12.Cc1csc2cc(CC(C)C)sc12. The summed E-state index contributed by atoms with van der Waals surface area (Å²) < 4.78 is 26.5. The summed E-state index contributed by atoms with van der Waals surface area (Å²) >= 11 is 34.4. The fourth-order valence-corrected chi connectivity index (χ4v) is 38.8. The number of fused-ring (bicyclic) bond motifs is 9. The lowest BCUT2D eigenvalue weighted by Gasteiger charge is -2.33. The van der Waals surface area contributed by atoms with Crippen molar-refractivity contribution in [2.24, 2.45) is 16.7 Å². The van der Waals surface area contributed by atoms with Gasteiger partial charge in [-0.1, -0.05) is 231 Å². The van der Waals surface area contributed by atoms with E-state index in [-0.39, 0.29) is 27.1 Å². The lowest BCUT2D eigenvalue weighted by atomic mass is 9.72. The number of rotatable bonds is 8. The van der Waals surface area contributed by atoms with Crippen molar-refractivity contribution in [2.45, 2.75) is 348 Å². The van der Waals surface area contributed by atoms with Gasteiger partial charge in [0.15, 0.2) is 0 Å². The quantitative estimate of drug-likeness (QED) is 0.142. The van der Waals surface area contributed by atoms with E-state index >= 15 is 0 Å². The summed E-state index contributed by atoms with van der Waals surface area (Å²) in [6, 6.07) is 28.5. The molecule has 139 heavy (non-hydrogen) atoms. The minimum absolute atomic E-state index is 0.0928. The van der Waals surface area contributed by atoms with Gasteiger partial charge in [-0.3, -0.25) is 0 Å². The van der Waals surface area contributed by atoms with E-state index in [1.165, 1.54) is 249 Å². The first-order chi connectivity index (χ1) is 64.4. The van der Waals surface area contributed by atoms with Gasteiger partial charge in [-0.15, -0.1) is 204 Å². The molecule has 0 aliphatic heterocycles. The molecular weight excluding hydrogens is 2030 g/mol. The van der Waals surface area contributed by atoms with Crippen LogP contribution >= 0.6 is 204 Å². The van der Waals surface area contributed by atoms with Crippen molar-refractivity contribution in [2.75, 3.05) is 0 Å². The molecule has 746 valence electrons. The molecule has 18 heterocycles. The van der Waals surface area contributed by atoms with E-state index in [1.54, 1.807) is 4.88 Å². The van der Waals surface area contributed by atoms with E-state index in [0.717, 1.165) is 5.92 Å². The Labute approximate surface area is 908 Å². The maximum atomic E-state index is 2.49. The Hall–Kier alpha value is -4.62. The van der Waals surface area contributed by atoms with Gasteiger partial charge in [-0.05, 0) is 355 Å². The Morgan fingerprint density at radius 3 is 0.914 bits per heavy atom. The first-order valence-electron chi connectivity index (χ1n) is 49.0. The van der Waals surface area contributed by atoms with E-state index in [4.69, 9.17) is 0 Å². The number of hydrogen-bond acceptors (Lipinski definition) is 18. The predicted octanol–water partition coefficient (Wildman–Crippen LogP) is 47.5. The zero-order valence-electron chi connectivity index (χ0n) is 91.0. The molecule has 20 aromatic rings. The first-order valence-corrected chi connectivity index (χ1v) is 64.3. The van der Waals surface area contributed by atoms with Gasteiger partial charge in [0.1, 0.15) is 0 Å². The van der Waals surface area contributed by atoms with Gasteiger partial charge in [0.2, 0.25) is 0 Å². The number of benzene rings is 2. The molecule has 0 radical (unpaired) electrons. The molecule has 0 nitrogen and oxygen atoms in total. The Kier molecular flexibility index (Phi) is 36.8. The highest BCUT2D eigenvalue weighted by atomic mass is 32.2. The van der Waals surface area contributed by atoms with Gasteiger partial charge in [0.25, 0.3) is 0 Å². The topological polar surface area (TPSA) is 0 Å². The van der Waals surface area contributed by atoms with Crippen LogP contribution in [0.3, 0.4) is 0 Å². The molecule has 2 aromatic carbocycles. The van der Waals surface area contributed by atoms with Crippen LogP contribution < -0.4 is 0 Å². The normalized spacial score (nSPS) is 12.5. The summed E-state index contributed by atoms with van der Waals surface area (Å²) in [4.78, 5) is 13.5. The van der Waals surface area contributed by atoms with Crippen LogP contribution in [0.4, 0.5) is 0 Å². The van der Waals surface area contributed by atoms with Crippen LogP contribution in [0.1, 0.15) is 330 Å². The van der Waals surface area contributed by atoms with Gasteiger partial charge in [-0.25, -0.2) is 0 Å². The van der Waals surface area contributed by atoms with E-state index in [1.807, 2.05) is 204 Å². The number of thiophene rings is 18. The molecule has 18 aromatic heterocycles. The number of aryl methyl sites for hydroxylation is 13. The maximum absolute atomic E-state index is 2.49.